The molecule has 1 amide bonds. The Kier molecular flexibility index (Phi) is 5.43. The first-order chi connectivity index (χ1) is 12.9. The number of benzene rings is 3. The molecule has 0 radical (unpaired) electrons. The molecule has 0 aliphatic heterocycles. The fraction of sp³-hybridized carbons (Fsp3) is 0.150. The van der Waals surface area contributed by atoms with Crippen molar-refractivity contribution in [1.82, 2.24) is 4.31 Å². The summed E-state index contributed by atoms with van der Waals surface area (Å²) in [5.74, 6) is -0.262. The van der Waals surface area contributed by atoms with E-state index in [4.69, 9.17) is 0 Å². The molecule has 0 fully saturated rings. The van der Waals surface area contributed by atoms with Crippen LogP contribution in [0.5, 0.6) is 0 Å². The van der Waals surface area contributed by atoms with Gasteiger partial charge in [-0.3, -0.25) is 4.79 Å². The fourth-order valence-corrected chi connectivity index (χ4v) is 3.65. The van der Waals surface area contributed by atoms with Crippen LogP contribution in [-0.2, 0) is 14.8 Å². The Morgan fingerprint density at radius 3 is 2.44 bits per heavy atom. The second-order valence-electron chi connectivity index (χ2n) is 6.24. The van der Waals surface area contributed by atoms with Crippen LogP contribution in [0.3, 0.4) is 0 Å². The van der Waals surface area contributed by atoms with Crippen molar-refractivity contribution >= 4 is 38.1 Å². The Labute approximate surface area is 158 Å². The summed E-state index contributed by atoms with van der Waals surface area (Å²) in [6.45, 7) is 0.0681. The highest BCUT2D eigenvalue weighted by Crippen LogP contribution is 2.23. The van der Waals surface area contributed by atoms with Crippen molar-refractivity contribution in [2.24, 2.45) is 0 Å². The van der Waals surface area contributed by atoms with Crippen molar-refractivity contribution in [1.29, 1.82) is 0 Å². The second-order valence-corrected chi connectivity index (χ2v) is 8.40. The SMILES string of the molecule is CN(C)S(=O)(=O)c1cccc(NC(=O)CNc2cccc3ccccc23)c1. The van der Waals surface area contributed by atoms with Crippen molar-refractivity contribution in [3.05, 3.63) is 66.7 Å². The maximum Gasteiger partial charge on any atom is 0.243 e. The average Bonchev–Trinajstić information content (AvgIpc) is 2.66. The highest BCUT2D eigenvalue weighted by Gasteiger charge is 2.17. The van der Waals surface area contributed by atoms with E-state index in [1.54, 1.807) is 12.1 Å². The molecular formula is C20H21N3O3S. The number of carbonyl (C=O) groups excluding carboxylic acids is 1. The van der Waals surface area contributed by atoms with E-state index in [9.17, 15) is 13.2 Å². The Morgan fingerprint density at radius 2 is 1.67 bits per heavy atom. The van der Waals surface area contributed by atoms with Gasteiger partial charge in [0.1, 0.15) is 0 Å². The predicted molar refractivity (Wildman–Crippen MR) is 108 cm³/mol. The van der Waals surface area contributed by atoms with Gasteiger partial charge in [-0.15, -0.1) is 0 Å². The largest absolute Gasteiger partial charge is 0.376 e. The van der Waals surface area contributed by atoms with Gasteiger partial charge in [-0.2, -0.15) is 0 Å². The summed E-state index contributed by atoms with van der Waals surface area (Å²) in [6, 6.07) is 20.0. The smallest absolute Gasteiger partial charge is 0.243 e. The van der Waals surface area contributed by atoms with Crippen molar-refractivity contribution < 1.29 is 13.2 Å². The lowest BCUT2D eigenvalue weighted by Crippen LogP contribution is -2.23. The van der Waals surface area contributed by atoms with Crippen LogP contribution in [0.2, 0.25) is 0 Å². The maximum atomic E-state index is 12.3. The Bertz CT molecular complexity index is 1070. The minimum Gasteiger partial charge on any atom is -0.376 e. The van der Waals surface area contributed by atoms with Gasteiger partial charge >= 0.3 is 0 Å². The molecule has 0 unspecified atom stereocenters. The first-order valence-electron chi connectivity index (χ1n) is 8.42. The zero-order chi connectivity index (χ0) is 19.4. The summed E-state index contributed by atoms with van der Waals surface area (Å²) in [4.78, 5) is 12.4. The molecule has 3 rings (SSSR count). The molecule has 6 nitrogen and oxygen atoms in total. The Hall–Kier alpha value is -2.90. The summed E-state index contributed by atoms with van der Waals surface area (Å²) in [6.07, 6.45) is 0. The number of carbonyl (C=O) groups is 1. The summed E-state index contributed by atoms with van der Waals surface area (Å²) in [5.41, 5.74) is 1.30. The van der Waals surface area contributed by atoms with E-state index in [1.165, 1.54) is 26.2 Å². The van der Waals surface area contributed by atoms with E-state index in [2.05, 4.69) is 10.6 Å². The van der Waals surface area contributed by atoms with E-state index < -0.39 is 10.0 Å². The number of sulfonamides is 1. The number of rotatable bonds is 6. The van der Waals surface area contributed by atoms with Gasteiger partial charge in [-0.1, -0.05) is 42.5 Å². The molecule has 2 N–H and O–H groups in total. The van der Waals surface area contributed by atoms with Crippen LogP contribution in [0.15, 0.2) is 71.6 Å². The number of amides is 1. The number of anilines is 2. The standard InChI is InChI=1S/C20H21N3O3S/c1-23(2)27(25,26)17-10-6-9-16(13-17)22-20(24)14-21-19-12-5-8-15-7-3-4-11-18(15)19/h3-13,21H,14H2,1-2H3,(H,22,24). The van der Waals surface area contributed by atoms with Crippen LogP contribution < -0.4 is 10.6 Å². The molecular weight excluding hydrogens is 362 g/mol. The van der Waals surface area contributed by atoms with Crippen LogP contribution >= 0.6 is 0 Å². The summed E-state index contributed by atoms with van der Waals surface area (Å²) in [5, 5.41) is 7.98. The van der Waals surface area contributed by atoms with Gasteiger partial charge in [0.15, 0.2) is 0 Å². The molecule has 3 aromatic rings. The second kappa shape index (κ2) is 7.77. The topological polar surface area (TPSA) is 78.5 Å². The first-order valence-corrected chi connectivity index (χ1v) is 9.86. The van der Waals surface area contributed by atoms with E-state index in [1.807, 2.05) is 42.5 Å². The minimum atomic E-state index is -3.55. The quantitative estimate of drug-likeness (QED) is 0.685. The molecule has 0 bridgehead atoms. The van der Waals surface area contributed by atoms with E-state index in [0.717, 1.165) is 20.8 Å². The first kappa shape index (κ1) is 18.9. The van der Waals surface area contributed by atoms with Crippen LogP contribution in [0, 0.1) is 0 Å². The lowest BCUT2D eigenvalue weighted by molar-refractivity contribution is -0.114. The van der Waals surface area contributed by atoms with E-state index >= 15 is 0 Å². The third kappa shape index (κ3) is 4.27. The number of nitrogens with zero attached hydrogens (tertiary/aromatic N) is 1. The molecule has 0 aliphatic carbocycles. The number of fused-ring (bicyclic) bond motifs is 1. The van der Waals surface area contributed by atoms with Crippen molar-refractivity contribution in [3.63, 3.8) is 0 Å². The van der Waals surface area contributed by atoms with Gasteiger partial charge < -0.3 is 10.6 Å². The van der Waals surface area contributed by atoms with Gasteiger partial charge in [-0.05, 0) is 29.7 Å². The fourth-order valence-electron chi connectivity index (χ4n) is 2.71. The van der Waals surface area contributed by atoms with Gasteiger partial charge in [0.25, 0.3) is 0 Å². The lowest BCUT2D eigenvalue weighted by Gasteiger charge is -2.13. The summed E-state index contributed by atoms with van der Waals surface area (Å²) < 4.78 is 25.5. The molecule has 7 heteroatoms. The zero-order valence-corrected chi connectivity index (χ0v) is 16.0. The van der Waals surface area contributed by atoms with Crippen LogP contribution in [0.25, 0.3) is 10.8 Å². The molecule has 0 atom stereocenters. The summed E-state index contributed by atoms with van der Waals surface area (Å²) >= 11 is 0. The molecule has 0 saturated heterocycles. The molecule has 27 heavy (non-hydrogen) atoms. The third-order valence-corrected chi connectivity index (χ3v) is 5.94. The van der Waals surface area contributed by atoms with E-state index in [-0.39, 0.29) is 17.3 Å². The van der Waals surface area contributed by atoms with Crippen LogP contribution in [0.4, 0.5) is 11.4 Å². The number of hydrogen-bond acceptors (Lipinski definition) is 4. The maximum absolute atomic E-state index is 12.3. The van der Waals surface area contributed by atoms with Gasteiger partial charge in [-0.25, -0.2) is 12.7 Å². The number of hydrogen-bond donors (Lipinski definition) is 2. The summed E-state index contributed by atoms with van der Waals surface area (Å²) in [7, 11) is -0.614. The Balaban J connectivity index is 1.70. The molecule has 0 aromatic heterocycles. The number of nitrogens with one attached hydrogen (secondary N) is 2. The van der Waals surface area contributed by atoms with Gasteiger partial charge in [0.2, 0.25) is 15.9 Å². The minimum absolute atomic E-state index is 0.0681. The average molecular weight is 383 g/mol. The van der Waals surface area contributed by atoms with Crippen molar-refractivity contribution in [2.75, 3.05) is 31.3 Å². The predicted octanol–water partition coefficient (Wildman–Crippen LogP) is 3.14. The molecule has 140 valence electrons. The molecule has 3 aromatic carbocycles. The van der Waals surface area contributed by atoms with Gasteiger partial charge in [0, 0.05) is 30.9 Å². The van der Waals surface area contributed by atoms with E-state index in [0.29, 0.717) is 5.69 Å². The molecule has 0 heterocycles. The highest BCUT2D eigenvalue weighted by atomic mass is 32.2. The van der Waals surface area contributed by atoms with Crippen molar-refractivity contribution in [3.8, 4) is 0 Å². The zero-order valence-electron chi connectivity index (χ0n) is 15.1. The third-order valence-electron chi connectivity index (χ3n) is 4.13. The normalized spacial score (nSPS) is 11.5. The van der Waals surface area contributed by atoms with Crippen LogP contribution in [-0.4, -0.2) is 39.3 Å². The monoisotopic (exact) mass is 383 g/mol. The van der Waals surface area contributed by atoms with Crippen LogP contribution in [0.1, 0.15) is 0 Å². The molecule has 0 aliphatic rings. The van der Waals surface area contributed by atoms with Crippen molar-refractivity contribution in [2.45, 2.75) is 4.90 Å². The molecule has 0 saturated carbocycles. The Morgan fingerprint density at radius 1 is 0.963 bits per heavy atom. The van der Waals surface area contributed by atoms with Gasteiger partial charge in [0.05, 0.1) is 11.4 Å². The highest BCUT2D eigenvalue weighted by molar-refractivity contribution is 7.89. The molecule has 0 spiro atoms. The lowest BCUT2D eigenvalue weighted by atomic mass is 10.1.